The van der Waals surface area contributed by atoms with E-state index < -0.39 is 9.84 Å². The molecule has 3 rings (SSSR count). The van der Waals surface area contributed by atoms with Gasteiger partial charge >= 0.3 is 0 Å². The van der Waals surface area contributed by atoms with E-state index in [9.17, 15) is 8.42 Å². The summed E-state index contributed by atoms with van der Waals surface area (Å²) in [5.74, 6) is 0.0864. The van der Waals surface area contributed by atoms with Crippen LogP contribution in [0.5, 0.6) is 0 Å². The summed E-state index contributed by atoms with van der Waals surface area (Å²) in [4.78, 5) is 0.589. The monoisotopic (exact) mass is 274 g/mol. The van der Waals surface area contributed by atoms with Crippen molar-refractivity contribution in [3.8, 4) is 0 Å². The molecule has 2 atom stereocenters. The Kier molecular flexibility index (Phi) is 2.72. The average Bonchev–Trinajstić information content (AvgIpc) is 2.35. The number of allylic oxidation sites excluding steroid dienone is 3. The molecule has 0 N–H and O–H groups in total. The second-order valence-corrected chi connectivity index (χ2v) is 7.63. The molecule has 0 fully saturated rings. The molecule has 0 bridgehead atoms. The number of fused-ring (bicyclic) bond motifs is 2. The standard InChI is InChI=1S/C16H18O2S/c1-10-8-11(2)14-9-13-6-4-5-7-15(13)19(17,18)16(14)12(10)3/h4-8,13,15H,9H2,1-3H3/t13-,15-/m0/s1. The summed E-state index contributed by atoms with van der Waals surface area (Å²) in [5.41, 5.74) is 4.10. The van der Waals surface area contributed by atoms with E-state index in [0.717, 1.165) is 28.7 Å². The zero-order chi connectivity index (χ0) is 13.8. The van der Waals surface area contributed by atoms with Gasteiger partial charge in [0.1, 0.15) is 0 Å². The predicted molar refractivity (Wildman–Crippen MR) is 77.1 cm³/mol. The summed E-state index contributed by atoms with van der Waals surface area (Å²) in [6.07, 6.45) is 8.49. The van der Waals surface area contributed by atoms with Crippen LogP contribution >= 0.6 is 0 Å². The van der Waals surface area contributed by atoms with Crippen LogP contribution in [0.4, 0.5) is 0 Å². The van der Waals surface area contributed by atoms with Crippen LogP contribution in [-0.2, 0) is 16.3 Å². The Hall–Kier alpha value is -1.35. The first-order chi connectivity index (χ1) is 8.93. The molecular formula is C16H18O2S. The molecule has 1 aliphatic heterocycles. The summed E-state index contributed by atoms with van der Waals surface area (Å²) >= 11 is 0. The number of sulfone groups is 1. The Bertz CT molecular complexity index is 709. The van der Waals surface area contributed by atoms with Gasteiger partial charge in [-0.2, -0.15) is 0 Å². The third-order valence-electron chi connectivity index (χ3n) is 4.39. The van der Waals surface area contributed by atoms with Crippen molar-refractivity contribution in [3.63, 3.8) is 0 Å². The highest BCUT2D eigenvalue weighted by atomic mass is 32.2. The average molecular weight is 274 g/mol. The number of benzene rings is 1. The second kappa shape index (κ2) is 4.07. The van der Waals surface area contributed by atoms with E-state index in [-0.39, 0.29) is 11.2 Å². The van der Waals surface area contributed by atoms with Gasteiger partial charge in [-0.05, 0) is 49.4 Å². The summed E-state index contributed by atoms with van der Waals surface area (Å²) in [6, 6.07) is 2.10. The number of hydrogen-bond donors (Lipinski definition) is 0. The third-order valence-corrected chi connectivity index (χ3v) is 6.74. The van der Waals surface area contributed by atoms with Gasteiger partial charge in [-0.15, -0.1) is 0 Å². The fourth-order valence-corrected chi connectivity index (χ4v) is 5.66. The van der Waals surface area contributed by atoms with Crippen molar-refractivity contribution in [3.05, 3.63) is 52.6 Å². The molecule has 19 heavy (non-hydrogen) atoms. The van der Waals surface area contributed by atoms with Crippen LogP contribution in [0.15, 0.2) is 35.3 Å². The first-order valence-electron chi connectivity index (χ1n) is 6.61. The van der Waals surface area contributed by atoms with Crippen molar-refractivity contribution in [2.24, 2.45) is 5.92 Å². The minimum atomic E-state index is -3.26. The summed E-state index contributed by atoms with van der Waals surface area (Å²) in [5, 5.41) is -0.384. The summed E-state index contributed by atoms with van der Waals surface area (Å²) < 4.78 is 25.8. The Morgan fingerprint density at radius 2 is 1.74 bits per heavy atom. The van der Waals surface area contributed by atoms with Crippen LogP contribution in [0, 0.1) is 26.7 Å². The van der Waals surface area contributed by atoms with Gasteiger partial charge < -0.3 is 0 Å². The maximum Gasteiger partial charge on any atom is 0.185 e. The van der Waals surface area contributed by atoms with Gasteiger partial charge in [0.05, 0.1) is 10.1 Å². The molecule has 0 spiro atoms. The molecule has 1 aliphatic carbocycles. The Labute approximate surface area is 114 Å². The molecule has 100 valence electrons. The molecule has 0 amide bonds. The van der Waals surface area contributed by atoms with Crippen molar-refractivity contribution in [1.29, 1.82) is 0 Å². The first-order valence-corrected chi connectivity index (χ1v) is 8.16. The molecule has 1 aromatic carbocycles. The van der Waals surface area contributed by atoms with E-state index in [4.69, 9.17) is 0 Å². The normalized spacial score (nSPS) is 26.9. The third kappa shape index (κ3) is 1.71. The molecule has 1 heterocycles. The molecule has 0 radical (unpaired) electrons. The fourth-order valence-electron chi connectivity index (χ4n) is 3.27. The first kappa shape index (κ1) is 12.7. The molecule has 0 saturated heterocycles. The Morgan fingerprint density at radius 3 is 2.47 bits per heavy atom. The van der Waals surface area contributed by atoms with Crippen molar-refractivity contribution >= 4 is 9.84 Å². The van der Waals surface area contributed by atoms with Crippen LogP contribution in [-0.4, -0.2) is 13.7 Å². The van der Waals surface area contributed by atoms with Gasteiger partial charge in [0.25, 0.3) is 0 Å². The van der Waals surface area contributed by atoms with Crippen molar-refractivity contribution in [2.75, 3.05) is 0 Å². The van der Waals surface area contributed by atoms with Gasteiger partial charge in [0.2, 0.25) is 0 Å². The van der Waals surface area contributed by atoms with Crippen LogP contribution in [0.25, 0.3) is 0 Å². The van der Waals surface area contributed by atoms with Crippen molar-refractivity contribution < 1.29 is 8.42 Å². The summed E-state index contributed by atoms with van der Waals surface area (Å²) in [7, 11) is -3.26. The largest absolute Gasteiger partial charge is 0.223 e. The molecule has 0 saturated carbocycles. The second-order valence-electron chi connectivity index (χ2n) is 5.59. The highest BCUT2D eigenvalue weighted by Gasteiger charge is 2.40. The maximum atomic E-state index is 12.9. The van der Waals surface area contributed by atoms with Gasteiger partial charge in [-0.25, -0.2) is 8.42 Å². The zero-order valence-electron chi connectivity index (χ0n) is 11.5. The van der Waals surface area contributed by atoms with E-state index in [2.05, 4.69) is 6.07 Å². The highest BCUT2D eigenvalue weighted by molar-refractivity contribution is 7.92. The smallest absolute Gasteiger partial charge is 0.185 e. The topological polar surface area (TPSA) is 34.1 Å². The lowest BCUT2D eigenvalue weighted by Crippen LogP contribution is -2.36. The minimum absolute atomic E-state index is 0.0864. The minimum Gasteiger partial charge on any atom is -0.223 e. The van der Waals surface area contributed by atoms with Crippen LogP contribution in [0.2, 0.25) is 0 Å². The molecule has 1 aromatic rings. The molecule has 0 aromatic heterocycles. The van der Waals surface area contributed by atoms with Crippen LogP contribution in [0.1, 0.15) is 22.3 Å². The fraction of sp³-hybridized carbons (Fsp3) is 0.375. The van der Waals surface area contributed by atoms with Gasteiger partial charge in [0, 0.05) is 5.92 Å². The lowest BCUT2D eigenvalue weighted by atomic mass is 9.88. The molecule has 2 aliphatic rings. The SMILES string of the molecule is Cc1cc(C)c2c(c1C)S(=O)(=O)[C@H]1C=CC=C[C@H]1C2. The number of aryl methyl sites for hydroxylation is 2. The van der Waals surface area contributed by atoms with Gasteiger partial charge in [-0.1, -0.05) is 30.4 Å². The van der Waals surface area contributed by atoms with E-state index in [1.807, 2.05) is 45.1 Å². The molecular weight excluding hydrogens is 256 g/mol. The van der Waals surface area contributed by atoms with Gasteiger partial charge in [-0.3, -0.25) is 0 Å². The quantitative estimate of drug-likeness (QED) is 0.728. The number of hydrogen-bond acceptors (Lipinski definition) is 2. The van der Waals surface area contributed by atoms with Crippen molar-refractivity contribution in [1.82, 2.24) is 0 Å². The molecule has 0 unspecified atom stereocenters. The lowest BCUT2D eigenvalue weighted by molar-refractivity contribution is 0.539. The lowest BCUT2D eigenvalue weighted by Gasteiger charge is -2.33. The predicted octanol–water partition coefficient (Wildman–Crippen LogP) is 3.05. The van der Waals surface area contributed by atoms with Gasteiger partial charge in [0.15, 0.2) is 9.84 Å². The van der Waals surface area contributed by atoms with E-state index in [1.165, 1.54) is 0 Å². The van der Waals surface area contributed by atoms with Crippen LogP contribution < -0.4 is 0 Å². The van der Waals surface area contributed by atoms with Crippen molar-refractivity contribution in [2.45, 2.75) is 37.3 Å². The maximum absolute atomic E-state index is 12.9. The summed E-state index contributed by atoms with van der Waals surface area (Å²) in [6.45, 7) is 5.93. The van der Waals surface area contributed by atoms with Crippen LogP contribution in [0.3, 0.4) is 0 Å². The van der Waals surface area contributed by atoms with E-state index >= 15 is 0 Å². The Balaban J connectivity index is 2.34. The Morgan fingerprint density at radius 1 is 1.05 bits per heavy atom. The number of rotatable bonds is 0. The highest BCUT2D eigenvalue weighted by Crippen LogP contribution is 2.40. The zero-order valence-corrected chi connectivity index (χ0v) is 12.3. The molecule has 3 heteroatoms. The van der Waals surface area contributed by atoms with E-state index in [1.54, 1.807) is 0 Å². The molecule has 2 nitrogen and oxygen atoms in total. The van der Waals surface area contributed by atoms with E-state index in [0.29, 0.717) is 4.90 Å².